The molecule has 3 aromatic rings. The van der Waals surface area contributed by atoms with Crippen molar-refractivity contribution in [1.29, 1.82) is 5.26 Å². The number of carbonyl (C=O) groups excluding carboxylic acids is 2. The SMILES string of the molecule is N#Cc1c(C(=O)N2CC[C@H](C(=O)Nc3cc(F)c(F)c(F)c3)C2)[nH]c2ncccc12. The van der Waals surface area contributed by atoms with Gasteiger partial charge in [-0.15, -0.1) is 0 Å². The molecule has 0 spiro atoms. The highest BCUT2D eigenvalue weighted by Crippen LogP contribution is 2.25. The molecule has 0 bridgehead atoms. The maximum absolute atomic E-state index is 13.3. The van der Waals surface area contributed by atoms with Crippen LogP contribution in [0.4, 0.5) is 18.9 Å². The van der Waals surface area contributed by atoms with Crippen LogP contribution in [0.5, 0.6) is 0 Å². The van der Waals surface area contributed by atoms with Gasteiger partial charge in [-0.05, 0) is 18.6 Å². The number of halogens is 3. The van der Waals surface area contributed by atoms with E-state index in [9.17, 15) is 28.0 Å². The van der Waals surface area contributed by atoms with Crippen LogP contribution in [-0.4, -0.2) is 39.8 Å². The summed E-state index contributed by atoms with van der Waals surface area (Å²) in [4.78, 5) is 33.7. The second-order valence-electron chi connectivity index (χ2n) is 6.87. The summed E-state index contributed by atoms with van der Waals surface area (Å²) in [5, 5.41) is 12.3. The number of amides is 2. The molecule has 1 aliphatic rings. The average molecular weight is 413 g/mol. The van der Waals surface area contributed by atoms with Crippen LogP contribution >= 0.6 is 0 Å². The number of nitrogens with zero attached hydrogens (tertiary/aromatic N) is 3. The van der Waals surface area contributed by atoms with E-state index in [-0.39, 0.29) is 30.0 Å². The Bertz CT molecular complexity index is 1190. The highest BCUT2D eigenvalue weighted by molar-refractivity contribution is 6.02. The Hall–Kier alpha value is -3.87. The second-order valence-corrected chi connectivity index (χ2v) is 6.87. The molecule has 30 heavy (non-hydrogen) atoms. The molecule has 0 unspecified atom stereocenters. The van der Waals surface area contributed by atoms with Crippen molar-refractivity contribution in [3.8, 4) is 6.07 Å². The van der Waals surface area contributed by atoms with E-state index in [0.717, 1.165) is 0 Å². The fourth-order valence-electron chi connectivity index (χ4n) is 3.49. The van der Waals surface area contributed by atoms with Crippen molar-refractivity contribution in [3.05, 3.63) is 59.2 Å². The van der Waals surface area contributed by atoms with Gasteiger partial charge in [0.15, 0.2) is 17.5 Å². The van der Waals surface area contributed by atoms with E-state index in [0.29, 0.717) is 29.6 Å². The zero-order valence-corrected chi connectivity index (χ0v) is 15.4. The van der Waals surface area contributed by atoms with Crippen LogP contribution in [0.15, 0.2) is 30.5 Å². The monoisotopic (exact) mass is 413 g/mol. The lowest BCUT2D eigenvalue weighted by Gasteiger charge is -2.16. The van der Waals surface area contributed by atoms with E-state index in [1.165, 1.54) is 11.1 Å². The van der Waals surface area contributed by atoms with Gasteiger partial charge in [-0.1, -0.05) is 0 Å². The number of likely N-dealkylation sites (tertiary alicyclic amines) is 1. The number of rotatable bonds is 3. The molecule has 4 rings (SSSR count). The number of nitriles is 1. The lowest BCUT2D eigenvalue weighted by Crippen LogP contribution is -2.32. The molecule has 1 atom stereocenters. The lowest BCUT2D eigenvalue weighted by atomic mass is 10.1. The average Bonchev–Trinajstić information content (AvgIpc) is 3.36. The number of carbonyl (C=O) groups is 2. The number of fused-ring (bicyclic) bond motifs is 1. The van der Waals surface area contributed by atoms with Crippen molar-refractivity contribution in [2.24, 2.45) is 5.92 Å². The molecule has 1 fully saturated rings. The van der Waals surface area contributed by atoms with Gasteiger partial charge in [0.2, 0.25) is 5.91 Å². The molecule has 3 heterocycles. The van der Waals surface area contributed by atoms with Gasteiger partial charge < -0.3 is 15.2 Å². The number of hydrogen-bond acceptors (Lipinski definition) is 4. The molecule has 1 aromatic carbocycles. The maximum atomic E-state index is 13.3. The van der Waals surface area contributed by atoms with Gasteiger partial charge in [0.1, 0.15) is 17.4 Å². The van der Waals surface area contributed by atoms with E-state index in [4.69, 9.17) is 0 Å². The quantitative estimate of drug-likeness (QED) is 0.645. The summed E-state index contributed by atoms with van der Waals surface area (Å²) in [7, 11) is 0. The summed E-state index contributed by atoms with van der Waals surface area (Å²) in [5.74, 6) is -6.06. The predicted octanol–water partition coefficient (Wildman–Crippen LogP) is 2.95. The third-order valence-electron chi connectivity index (χ3n) is 4.99. The third-order valence-corrected chi connectivity index (χ3v) is 4.99. The molecular formula is C20H14F3N5O2. The molecule has 0 aliphatic carbocycles. The summed E-state index contributed by atoms with van der Waals surface area (Å²) in [5.41, 5.74) is 0.462. The molecule has 2 amide bonds. The van der Waals surface area contributed by atoms with Crippen LogP contribution in [0.2, 0.25) is 0 Å². The number of benzene rings is 1. The Morgan fingerprint density at radius 3 is 2.70 bits per heavy atom. The number of aromatic nitrogens is 2. The number of hydrogen-bond donors (Lipinski definition) is 2. The van der Waals surface area contributed by atoms with Crippen molar-refractivity contribution in [3.63, 3.8) is 0 Å². The zero-order valence-electron chi connectivity index (χ0n) is 15.4. The standard InChI is InChI=1S/C20H14F3N5O2/c21-14-6-11(7-15(22)16(14)23)26-19(29)10-3-5-28(9-10)20(30)17-13(8-24)12-2-1-4-25-18(12)27-17/h1-2,4,6-7,10H,3,5,9H2,(H,25,27)(H,26,29)/t10-/m0/s1. The predicted molar refractivity (Wildman–Crippen MR) is 99.8 cm³/mol. The van der Waals surface area contributed by atoms with Gasteiger partial charge in [0.05, 0.1) is 11.5 Å². The summed E-state index contributed by atoms with van der Waals surface area (Å²) in [6.45, 7) is 0.321. The highest BCUT2D eigenvalue weighted by Gasteiger charge is 2.33. The van der Waals surface area contributed by atoms with Gasteiger partial charge >= 0.3 is 0 Å². The minimum atomic E-state index is -1.62. The van der Waals surface area contributed by atoms with Crippen molar-refractivity contribution < 1.29 is 22.8 Å². The van der Waals surface area contributed by atoms with Crippen LogP contribution in [0, 0.1) is 34.7 Å². The summed E-state index contributed by atoms with van der Waals surface area (Å²) >= 11 is 0. The first-order chi connectivity index (χ1) is 14.4. The normalized spacial score (nSPS) is 15.9. The highest BCUT2D eigenvalue weighted by atomic mass is 19.2. The van der Waals surface area contributed by atoms with E-state index >= 15 is 0 Å². The van der Waals surface area contributed by atoms with Gasteiger partial charge in [0.25, 0.3) is 5.91 Å². The van der Waals surface area contributed by atoms with Crippen LogP contribution in [0.3, 0.4) is 0 Å². The Balaban J connectivity index is 1.49. The van der Waals surface area contributed by atoms with Crippen LogP contribution in [0.1, 0.15) is 22.5 Å². The van der Waals surface area contributed by atoms with Crippen molar-refractivity contribution in [2.45, 2.75) is 6.42 Å². The Labute approximate surface area is 168 Å². The minimum Gasteiger partial charge on any atom is -0.337 e. The number of aromatic amines is 1. The van der Waals surface area contributed by atoms with Crippen molar-refractivity contribution in [2.75, 3.05) is 18.4 Å². The lowest BCUT2D eigenvalue weighted by molar-refractivity contribution is -0.119. The van der Waals surface area contributed by atoms with Gasteiger partial charge in [0, 0.05) is 42.5 Å². The van der Waals surface area contributed by atoms with E-state index in [1.54, 1.807) is 12.1 Å². The van der Waals surface area contributed by atoms with E-state index in [1.807, 2.05) is 6.07 Å². The Morgan fingerprint density at radius 1 is 1.27 bits per heavy atom. The molecule has 0 radical (unpaired) electrons. The van der Waals surface area contributed by atoms with Crippen molar-refractivity contribution in [1.82, 2.24) is 14.9 Å². The number of H-pyrrole nitrogens is 1. The molecule has 2 aromatic heterocycles. The molecule has 1 aliphatic heterocycles. The molecule has 0 saturated carbocycles. The largest absolute Gasteiger partial charge is 0.337 e. The first-order valence-electron chi connectivity index (χ1n) is 9.00. The van der Waals surface area contributed by atoms with E-state index < -0.39 is 35.2 Å². The number of anilines is 1. The molecule has 7 nitrogen and oxygen atoms in total. The Morgan fingerprint density at radius 2 is 2.00 bits per heavy atom. The van der Waals surface area contributed by atoms with Crippen LogP contribution < -0.4 is 5.32 Å². The van der Waals surface area contributed by atoms with Crippen LogP contribution in [0.25, 0.3) is 11.0 Å². The fourth-order valence-corrected chi connectivity index (χ4v) is 3.49. The zero-order chi connectivity index (χ0) is 21.4. The maximum Gasteiger partial charge on any atom is 0.271 e. The third kappa shape index (κ3) is 3.34. The fraction of sp³-hybridized carbons (Fsp3) is 0.200. The summed E-state index contributed by atoms with van der Waals surface area (Å²) in [6, 6.07) is 6.71. The minimum absolute atomic E-state index is 0.0600. The second kappa shape index (κ2) is 7.51. The first-order valence-corrected chi connectivity index (χ1v) is 9.00. The molecule has 10 heteroatoms. The molecule has 1 saturated heterocycles. The topological polar surface area (TPSA) is 102 Å². The summed E-state index contributed by atoms with van der Waals surface area (Å²) in [6.07, 6.45) is 1.86. The number of nitrogens with one attached hydrogen (secondary N) is 2. The van der Waals surface area contributed by atoms with Gasteiger partial charge in [-0.25, -0.2) is 18.2 Å². The number of pyridine rings is 1. The van der Waals surface area contributed by atoms with Crippen LogP contribution in [-0.2, 0) is 4.79 Å². The molecular weight excluding hydrogens is 399 g/mol. The van der Waals surface area contributed by atoms with Crippen molar-refractivity contribution >= 4 is 28.5 Å². The first kappa shape index (κ1) is 19.4. The Kier molecular flexibility index (Phi) is 4.87. The molecule has 2 N–H and O–H groups in total. The van der Waals surface area contributed by atoms with Gasteiger partial charge in [-0.3, -0.25) is 9.59 Å². The van der Waals surface area contributed by atoms with Gasteiger partial charge in [-0.2, -0.15) is 5.26 Å². The summed E-state index contributed by atoms with van der Waals surface area (Å²) < 4.78 is 39.7. The molecule has 152 valence electrons. The van der Waals surface area contributed by atoms with E-state index in [2.05, 4.69) is 15.3 Å². The smallest absolute Gasteiger partial charge is 0.271 e.